The number of halogens is 3. The van der Waals surface area contributed by atoms with Crippen molar-refractivity contribution in [1.82, 2.24) is 24.6 Å². The number of aryl methyl sites for hydroxylation is 1. The third-order valence-electron chi connectivity index (χ3n) is 7.15. The number of hydrogen-bond donors (Lipinski definition) is 0. The normalized spacial score (nSPS) is 22.5. The first kappa shape index (κ1) is 22.8. The second-order valence-corrected chi connectivity index (χ2v) is 9.68. The minimum Gasteiger partial charge on any atom is -0.336 e. The lowest BCUT2D eigenvalue weighted by Crippen LogP contribution is -2.47. The molecule has 5 heterocycles. The lowest BCUT2D eigenvalue weighted by atomic mass is 9.86. The second kappa shape index (κ2) is 9.00. The van der Waals surface area contributed by atoms with Crippen molar-refractivity contribution in [2.75, 3.05) is 0 Å². The Hall–Kier alpha value is -2.97. The zero-order valence-corrected chi connectivity index (χ0v) is 19.1. The van der Waals surface area contributed by atoms with Gasteiger partial charge in [-0.1, -0.05) is 0 Å². The SMILES string of the molecule is Cn1cc(-c2ccc3cnc(CC(=O)N4[C@@H]5CC[C@H]4CC(CCCC(F)(F)F)C5)cc3n2)cn1. The highest BCUT2D eigenvalue weighted by molar-refractivity contribution is 5.83. The van der Waals surface area contributed by atoms with E-state index in [-0.39, 0.29) is 36.8 Å². The van der Waals surface area contributed by atoms with Gasteiger partial charge in [-0.05, 0) is 62.6 Å². The quantitative estimate of drug-likeness (QED) is 0.503. The Balaban J connectivity index is 1.25. The van der Waals surface area contributed by atoms with Crippen LogP contribution in [0.25, 0.3) is 22.2 Å². The van der Waals surface area contributed by atoms with E-state index in [1.807, 2.05) is 36.3 Å². The summed E-state index contributed by atoms with van der Waals surface area (Å²) < 4.78 is 39.2. The van der Waals surface area contributed by atoms with Crippen molar-refractivity contribution in [3.8, 4) is 11.3 Å². The van der Waals surface area contributed by atoms with E-state index < -0.39 is 12.6 Å². The largest absolute Gasteiger partial charge is 0.389 e. The molecule has 6 nitrogen and oxygen atoms in total. The fraction of sp³-hybridized carbons (Fsp3) is 0.520. The molecule has 34 heavy (non-hydrogen) atoms. The summed E-state index contributed by atoms with van der Waals surface area (Å²) in [4.78, 5) is 24.4. The van der Waals surface area contributed by atoms with Crippen LogP contribution in [0.5, 0.6) is 0 Å². The van der Waals surface area contributed by atoms with E-state index in [0.29, 0.717) is 12.1 Å². The molecule has 1 amide bonds. The molecule has 0 radical (unpaired) electrons. The molecule has 0 spiro atoms. The van der Waals surface area contributed by atoms with Gasteiger partial charge in [0.25, 0.3) is 0 Å². The maximum atomic E-state index is 13.2. The first-order valence-corrected chi connectivity index (χ1v) is 11.9. The zero-order chi connectivity index (χ0) is 23.9. The van der Waals surface area contributed by atoms with E-state index in [1.54, 1.807) is 17.1 Å². The summed E-state index contributed by atoms with van der Waals surface area (Å²) in [6.45, 7) is 0. The molecule has 2 aliphatic heterocycles. The Bertz CT molecular complexity index is 1180. The summed E-state index contributed by atoms with van der Waals surface area (Å²) in [6, 6.07) is 6.05. The van der Waals surface area contributed by atoms with Gasteiger partial charge in [-0.2, -0.15) is 18.3 Å². The molecular weight excluding hydrogens is 443 g/mol. The van der Waals surface area contributed by atoms with Crippen LogP contribution < -0.4 is 0 Å². The van der Waals surface area contributed by atoms with Crippen molar-refractivity contribution in [2.24, 2.45) is 13.0 Å². The smallest absolute Gasteiger partial charge is 0.336 e. The molecule has 3 atom stereocenters. The Labute approximate surface area is 196 Å². The number of piperidine rings is 1. The lowest BCUT2D eigenvalue weighted by molar-refractivity contribution is -0.137. The van der Waals surface area contributed by atoms with E-state index in [9.17, 15) is 18.0 Å². The zero-order valence-electron chi connectivity index (χ0n) is 19.1. The molecule has 5 rings (SSSR count). The maximum Gasteiger partial charge on any atom is 0.389 e. The number of carbonyl (C=O) groups excluding carboxylic acids is 1. The van der Waals surface area contributed by atoms with Crippen LogP contribution in [0.15, 0.2) is 36.8 Å². The predicted octanol–water partition coefficient (Wildman–Crippen LogP) is 5.08. The van der Waals surface area contributed by atoms with E-state index in [0.717, 1.165) is 47.8 Å². The maximum absolute atomic E-state index is 13.2. The first-order valence-electron chi connectivity index (χ1n) is 11.9. The Kier molecular flexibility index (Phi) is 6.04. The standard InChI is InChI=1S/C25H28F3N5O/c1-32-15-18(14-30-32)22-7-4-17-13-29-19(11-23(17)31-22)12-24(34)33-20-5-6-21(33)10-16(9-20)3-2-8-25(26,27)28/h4,7,11,13-16,20-21H,2-3,5-6,8-10,12H2,1H3/t16?,20-,21+. The highest BCUT2D eigenvalue weighted by Gasteiger charge is 2.43. The minimum atomic E-state index is -4.09. The third kappa shape index (κ3) is 4.93. The molecule has 9 heteroatoms. The average Bonchev–Trinajstić information content (AvgIpc) is 3.33. The summed E-state index contributed by atoms with van der Waals surface area (Å²) in [5.74, 6) is 0.328. The number of nitrogens with zero attached hydrogens (tertiary/aromatic N) is 5. The molecule has 2 bridgehead atoms. The molecule has 0 aromatic carbocycles. The van der Waals surface area contributed by atoms with Crippen molar-refractivity contribution >= 4 is 16.8 Å². The summed E-state index contributed by atoms with van der Waals surface area (Å²) in [5, 5.41) is 5.10. The van der Waals surface area contributed by atoms with Gasteiger partial charge in [0.2, 0.25) is 5.91 Å². The number of rotatable bonds is 6. The number of carbonyl (C=O) groups is 1. The van der Waals surface area contributed by atoms with Crippen LogP contribution in [0.2, 0.25) is 0 Å². The number of fused-ring (bicyclic) bond motifs is 3. The number of amides is 1. The monoisotopic (exact) mass is 471 g/mol. The van der Waals surface area contributed by atoms with Crippen molar-refractivity contribution in [2.45, 2.75) is 69.6 Å². The van der Waals surface area contributed by atoms with Crippen LogP contribution in [0.3, 0.4) is 0 Å². The minimum absolute atomic E-state index is 0.0523. The summed E-state index contributed by atoms with van der Waals surface area (Å²) in [6.07, 6.45) is 5.08. The van der Waals surface area contributed by atoms with Gasteiger partial charge in [-0.3, -0.25) is 14.5 Å². The van der Waals surface area contributed by atoms with Crippen LogP contribution in [-0.4, -0.2) is 48.8 Å². The molecule has 2 aliphatic rings. The second-order valence-electron chi connectivity index (χ2n) is 9.68. The van der Waals surface area contributed by atoms with Gasteiger partial charge in [0.1, 0.15) is 0 Å². The van der Waals surface area contributed by atoms with Crippen molar-refractivity contribution in [3.63, 3.8) is 0 Å². The summed E-state index contributed by atoms with van der Waals surface area (Å²) >= 11 is 0. The Morgan fingerprint density at radius 2 is 1.91 bits per heavy atom. The van der Waals surface area contributed by atoms with Gasteiger partial charge < -0.3 is 4.90 Å². The number of alkyl halides is 3. The van der Waals surface area contributed by atoms with E-state index >= 15 is 0 Å². The Morgan fingerprint density at radius 1 is 1.15 bits per heavy atom. The molecule has 180 valence electrons. The molecule has 0 aliphatic carbocycles. The van der Waals surface area contributed by atoms with Gasteiger partial charge in [0.15, 0.2) is 0 Å². The molecule has 2 fully saturated rings. The fourth-order valence-electron chi connectivity index (χ4n) is 5.64. The molecule has 2 saturated heterocycles. The highest BCUT2D eigenvalue weighted by atomic mass is 19.4. The van der Waals surface area contributed by atoms with Crippen LogP contribution in [0.1, 0.15) is 50.6 Å². The lowest BCUT2D eigenvalue weighted by Gasteiger charge is -2.39. The van der Waals surface area contributed by atoms with Crippen molar-refractivity contribution in [3.05, 3.63) is 42.5 Å². The van der Waals surface area contributed by atoms with Crippen molar-refractivity contribution in [1.29, 1.82) is 0 Å². The first-order chi connectivity index (χ1) is 16.2. The molecule has 3 aromatic heterocycles. The van der Waals surface area contributed by atoms with E-state index in [4.69, 9.17) is 4.98 Å². The number of hydrogen-bond acceptors (Lipinski definition) is 4. The van der Waals surface area contributed by atoms with Gasteiger partial charge >= 0.3 is 6.18 Å². The molecular formula is C25H28F3N5O. The third-order valence-corrected chi connectivity index (χ3v) is 7.15. The van der Waals surface area contributed by atoms with Gasteiger partial charge in [-0.25, -0.2) is 4.98 Å². The molecule has 3 aromatic rings. The highest BCUT2D eigenvalue weighted by Crippen LogP contribution is 2.41. The predicted molar refractivity (Wildman–Crippen MR) is 122 cm³/mol. The molecule has 1 unspecified atom stereocenters. The van der Waals surface area contributed by atoms with Crippen LogP contribution >= 0.6 is 0 Å². The van der Waals surface area contributed by atoms with Gasteiger partial charge in [-0.15, -0.1) is 0 Å². The van der Waals surface area contributed by atoms with Gasteiger partial charge in [0, 0.05) is 48.9 Å². The van der Waals surface area contributed by atoms with Crippen LogP contribution in [-0.2, 0) is 18.3 Å². The van der Waals surface area contributed by atoms with E-state index in [2.05, 4.69) is 10.1 Å². The molecule has 0 N–H and O–H groups in total. The number of pyridine rings is 2. The van der Waals surface area contributed by atoms with Crippen molar-refractivity contribution < 1.29 is 18.0 Å². The topological polar surface area (TPSA) is 63.9 Å². The number of aromatic nitrogens is 4. The summed E-state index contributed by atoms with van der Waals surface area (Å²) in [7, 11) is 1.86. The van der Waals surface area contributed by atoms with Crippen LogP contribution in [0, 0.1) is 5.92 Å². The molecule has 0 saturated carbocycles. The van der Waals surface area contributed by atoms with Crippen LogP contribution in [0.4, 0.5) is 13.2 Å². The van der Waals surface area contributed by atoms with E-state index in [1.165, 1.54) is 0 Å². The fourth-order valence-corrected chi connectivity index (χ4v) is 5.64. The van der Waals surface area contributed by atoms with Gasteiger partial charge in [0.05, 0.1) is 29.5 Å². The Morgan fingerprint density at radius 3 is 2.59 bits per heavy atom. The summed E-state index contributed by atoms with van der Waals surface area (Å²) in [5.41, 5.74) is 3.20. The average molecular weight is 472 g/mol.